The lowest BCUT2D eigenvalue weighted by atomic mass is 10.0. The number of hydrogen-bond donors (Lipinski definition) is 0. The maximum Gasteiger partial charge on any atom is 0.416 e. The molecule has 2 aliphatic rings. The number of halogens is 3. The highest BCUT2D eigenvalue weighted by atomic mass is 32.2. The topological polar surface area (TPSA) is 53.8 Å². The molecule has 1 unspecified atom stereocenters. The van der Waals surface area contributed by atoms with Gasteiger partial charge >= 0.3 is 6.18 Å². The summed E-state index contributed by atoms with van der Waals surface area (Å²) >= 11 is 0. The molecule has 30 heavy (non-hydrogen) atoms. The summed E-state index contributed by atoms with van der Waals surface area (Å²) in [7, 11) is -3.63. The molecule has 2 fully saturated rings. The Morgan fingerprint density at radius 1 is 1.17 bits per heavy atom. The Labute approximate surface area is 174 Å². The molecule has 9 heteroatoms. The van der Waals surface area contributed by atoms with Crippen molar-refractivity contribution in [2.24, 2.45) is 0 Å². The van der Waals surface area contributed by atoms with E-state index in [0.29, 0.717) is 31.0 Å². The lowest BCUT2D eigenvalue weighted by Crippen LogP contribution is -2.29. The average Bonchev–Trinajstić information content (AvgIpc) is 3.19. The zero-order valence-electron chi connectivity index (χ0n) is 16.7. The van der Waals surface area contributed by atoms with Gasteiger partial charge in [0.2, 0.25) is 5.09 Å². The van der Waals surface area contributed by atoms with Crippen LogP contribution in [0.1, 0.15) is 55.5 Å². The monoisotopic (exact) mass is 442 g/mol. The van der Waals surface area contributed by atoms with Crippen molar-refractivity contribution >= 4 is 10.0 Å². The molecule has 5 nitrogen and oxygen atoms in total. The van der Waals surface area contributed by atoms with E-state index in [1.807, 2.05) is 6.92 Å². The number of hydrogen-bond acceptors (Lipinski definition) is 4. The third-order valence-electron chi connectivity index (χ3n) is 5.84. The fourth-order valence-electron chi connectivity index (χ4n) is 3.97. The molecule has 0 bridgehead atoms. The average molecular weight is 443 g/mol. The Balaban J connectivity index is 1.53. The lowest BCUT2D eigenvalue weighted by Gasteiger charge is -2.29. The van der Waals surface area contributed by atoms with Crippen LogP contribution in [0.2, 0.25) is 0 Å². The first-order valence-electron chi connectivity index (χ1n) is 10.2. The molecule has 4 rings (SSSR count). The van der Waals surface area contributed by atoms with Crippen LogP contribution >= 0.6 is 0 Å². The Kier molecular flexibility index (Phi) is 5.71. The Morgan fingerprint density at radius 2 is 1.87 bits per heavy atom. The molecule has 1 saturated carbocycles. The smallest absolute Gasteiger partial charge is 0.416 e. The number of benzene rings is 1. The second-order valence-corrected chi connectivity index (χ2v) is 9.90. The summed E-state index contributed by atoms with van der Waals surface area (Å²) in [6, 6.07) is 8.49. The molecule has 1 atom stereocenters. The normalized spacial score (nSPS) is 19.5. The van der Waals surface area contributed by atoms with Crippen molar-refractivity contribution in [1.82, 2.24) is 9.21 Å². The summed E-state index contributed by atoms with van der Waals surface area (Å²) in [5, 5.41) is -0.0677. The first kappa shape index (κ1) is 21.4. The van der Waals surface area contributed by atoms with Gasteiger partial charge in [0.1, 0.15) is 5.76 Å². The zero-order chi connectivity index (χ0) is 21.5. The summed E-state index contributed by atoms with van der Waals surface area (Å²) in [5.41, 5.74) is -0.0900. The van der Waals surface area contributed by atoms with Gasteiger partial charge in [-0.1, -0.05) is 12.1 Å². The molecule has 1 aromatic carbocycles. The minimum atomic E-state index is -4.39. The van der Waals surface area contributed by atoms with Crippen LogP contribution in [-0.4, -0.2) is 36.8 Å². The second-order valence-electron chi connectivity index (χ2n) is 8.03. The highest BCUT2D eigenvalue weighted by molar-refractivity contribution is 7.89. The van der Waals surface area contributed by atoms with Crippen LogP contribution in [0.25, 0.3) is 0 Å². The first-order valence-corrected chi connectivity index (χ1v) is 11.6. The Morgan fingerprint density at radius 3 is 2.50 bits per heavy atom. The van der Waals surface area contributed by atoms with Crippen LogP contribution in [0.4, 0.5) is 13.2 Å². The minimum absolute atomic E-state index is 0.0677. The van der Waals surface area contributed by atoms with Gasteiger partial charge in [-0.05, 0) is 62.4 Å². The predicted molar refractivity (Wildman–Crippen MR) is 105 cm³/mol. The van der Waals surface area contributed by atoms with E-state index >= 15 is 0 Å². The summed E-state index contributed by atoms with van der Waals surface area (Å²) in [6.45, 7) is 3.22. The summed E-state index contributed by atoms with van der Waals surface area (Å²) in [6.07, 6.45) is -0.778. The van der Waals surface area contributed by atoms with Gasteiger partial charge in [-0.25, -0.2) is 8.42 Å². The fraction of sp³-hybridized carbons (Fsp3) is 0.524. The number of rotatable bonds is 7. The molecular weight excluding hydrogens is 417 g/mol. The molecule has 0 spiro atoms. The maximum atomic E-state index is 13.1. The highest BCUT2D eigenvalue weighted by Gasteiger charge is 2.36. The summed E-state index contributed by atoms with van der Waals surface area (Å²) in [5.74, 6) is 0.499. The van der Waals surface area contributed by atoms with Crippen LogP contribution in [0.15, 0.2) is 45.9 Å². The first-order chi connectivity index (χ1) is 14.2. The van der Waals surface area contributed by atoms with E-state index < -0.39 is 21.8 Å². The van der Waals surface area contributed by atoms with Gasteiger partial charge in [0.15, 0.2) is 0 Å². The van der Waals surface area contributed by atoms with Crippen LogP contribution in [-0.2, 0) is 22.7 Å². The molecule has 0 amide bonds. The van der Waals surface area contributed by atoms with E-state index in [4.69, 9.17) is 4.42 Å². The van der Waals surface area contributed by atoms with Gasteiger partial charge in [0.05, 0.1) is 12.1 Å². The van der Waals surface area contributed by atoms with Crippen LogP contribution in [0.3, 0.4) is 0 Å². The summed E-state index contributed by atoms with van der Waals surface area (Å²) in [4.78, 5) is 2.08. The molecule has 1 aromatic heterocycles. The van der Waals surface area contributed by atoms with E-state index in [2.05, 4.69) is 4.90 Å². The van der Waals surface area contributed by atoms with Crippen LogP contribution < -0.4 is 0 Å². The van der Waals surface area contributed by atoms with E-state index in [1.165, 1.54) is 22.5 Å². The van der Waals surface area contributed by atoms with Crippen LogP contribution in [0, 0.1) is 0 Å². The Bertz CT molecular complexity index is 993. The molecule has 1 aliphatic heterocycles. The molecular formula is C21H25F3N2O3S. The lowest BCUT2D eigenvalue weighted by molar-refractivity contribution is -0.137. The Hall–Kier alpha value is -1.84. The highest BCUT2D eigenvalue weighted by Crippen LogP contribution is 2.38. The van der Waals surface area contributed by atoms with Crippen molar-refractivity contribution in [2.75, 3.05) is 13.1 Å². The van der Waals surface area contributed by atoms with Crippen molar-refractivity contribution < 1.29 is 26.0 Å². The van der Waals surface area contributed by atoms with Gasteiger partial charge in [-0.2, -0.15) is 17.5 Å². The number of alkyl halides is 3. The SMILES string of the molecule is CC(c1cccc(C(F)(F)F)c1)N(Cc1ccc(S(=O)(=O)N2CCCC2)o1)C1CC1. The minimum Gasteiger partial charge on any atom is -0.447 e. The van der Waals surface area contributed by atoms with Crippen molar-refractivity contribution in [3.63, 3.8) is 0 Å². The number of furan rings is 1. The van der Waals surface area contributed by atoms with Crippen LogP contribution in [0.5, 0.6) is 0 Å². The molecule has 0 N–H and O–H groups in total. The second kappa shape index (κ2) is 8.01. The summed E-state index contributed by atoms with van der Waals surface area (Å²) < 4.78 is 71.8. The van der Waals surface area contributed by atoms with E-state index in [9.17, 15) is 21.6 Å². The third kappa shape index (κ3) is 4.43. The van der Waals surface area contributed by atoms with Crippen molar-refractivity contribution in [3.05, 3.63) is 53.3 Å². The number of nitrogens with zero attached hydrogens (tertiary/aromatic N) is 2. The van der Waals surface area contributed by atoms with Crippen molar-refractivity contribution in [3.8, 4) is 0 Å². The number of sulfonamides is 1. The van der Waals surface area contributed by atoms with Gasteiger partial charge in [0, 0.05) is 25.2 Å². The standard InChI is InChI=1S/C21H25F3N2O3S/c1-15(16-5-4-6-17(13-16)21(22,23)24)26(18-7-8-18)14-19-9-10-20(29-19)30(27,28)25-11-2-3-12-25/h4-6,9-10,13,15,18H,2-3,7-8,11-12,14H2,1H3. The molecule has 2 heterocycles. The molecule has 1 aliphatic carbocycles. The fourth-order valence-corrected chi connectivity index (χ4v) is 5.42. The van der Waals surface area contributed by atoms with Crippen molar-refractivity contribution in [1.29, 1.82) is 0 Å². The maximum absolute atomic E-state index is 13.1. The quantitative estimate of drug-likeness (QED) is 0.618. The largest absolute Gasteiger partial charge is 0.447 e. The van der Waals surface area contributed by atoms with E-state index in [1.54, 1.807) is 12.1 Å². The third-order valence-corrected chi connectivity index (χ3v) is 7.62. The molecule has 1 saturated heterocycles. The predicted octanol–water partition coefficient (Wildman–Crippen LogP) is 4.81. The molecule has 164 valence electrons. The van der Waals surface area contributed by atoms with Gasteiger partial charge in [0.25, 0.3) is 10.0 Å². The molecule has 2 aromatic rings. The van der Waals surface area contributed by atoms with Gasteiger partial charge in [-0.15, -0.1) is 0 Å². The van der Waals surface area contributed by atoms with E-state index in [-0.39, 0.29) is 17.2 Å². The van der Waals surface area contributed by atoms with Gasteiger partial charge in [-0.3, -0.25) is 4.90 Å². The van der Waals surface area contributed by atoms with Crippen molar-refractivity contribution in [2.45, 2.75) is 62.5 Å². The van der Waals surface area contributed by atoms with Gasteiger partial charge < -0.3 is 4.42 Å². The zero-order valence-corrected chi connectivity index (χ0v) is 17.5. The van der Waals surface area contributed by atoms with E-state index in [0.717, 1.165) is 31.7 Å². The molecule has 0 radical (unpaired) electrons.